The molecule has 1 aromatic rings. The molecule has 2 fully saturated rings. The van der Waals surface area contributed by atoms with Gasteiger partial charge in [-0.15, -0.1) is 12.4 Å². The number of hydrogen-bond donors (Lipinski definition) is 1. The molecule has 7 heteroatoms. The molecular weight excluding hydrogens is 345 g/mol. The van der Waals surface area contributed by atoms with E-state index >= 15 is 0 Å². The lowest BCUT2D eigenvalue weighted by atomic mass is 9.96. The van der Waals surface area contributed by atoms with Crippen LogP contribution >= 0.6 is 12.4 Å². The molecule has 25 heavy (non-hydrogen) atoms. The van der Waals surface area contributed by atoms with Gasteiger partial charge in [-0.25, -0.2) is 4.39 Å². The topological polar surface area (TPSA) is 52.7 Å². The number of benzene rings is 1. The van der Waals surface area contributed by atoms with Crippen molar-refractivity contribution in [2.24, 2.45) is 5.92 Å². The zero-order chi connectivity index (χ0) is 17.1. The smallest absolute Gasteiger partial charge is 0.225 e. The number of piperidine rings is 1. The number of anilines is 1. The summed E-state index contributed by atoms with van der Waals surface area (Å²) in [5.41, 5.74) is 0.893. The van der Waals surface area contributed by atoms with E-state index in [1.165, 1.54) is 13.0 Å². The van der Waals surface area contributed by atoms with E-state index in [1.807, 2.05) is 9.80 Å². The second-order valence-electron chi connectivity index (χ2n) is 6.56. The Labute approximate surface area is 154 Å². The van der Waals surface area contributed by atoms with Gasteiger partial charge in [0.25, 0.3) is 0 Å². The molecule has 1 N–H and O–H groups in total. The highest BCUT2D eigenvalue weighted by Crippen LogP contribution is 2.23. The van der Waals surface area contributed by atoms with Crippen LogP contribution in [0.15, 0.2) is 18.2 Å². The molecule has 0 bridgehead atoms. The summed E-state index contributed by atoms with van der Waals surface area (Å²) < 4.78 is 14.3. The Kier molecular flexibility index (Phi) is 6.79. The molecule has 1 aromatic carbocycles. The van der Waals surface area contributed by atoms with Crippen LogP contribution in [-0.2, 0) is 4.79 Å². The molecule has 2 aliphatic rings. The summed E-state index contributed by atoms with van der Waals surface area (Å²) in [5.74, 6) is -0.147. The van der Waals surface area contributed by atoms with Crippen molar-refractivity contribution < 1.29 is 14.0 Å². The van der Waals surface area contributed by atoms with Gasteiger partial charge in [0.1, 0.15) is 5.82 Å². The number of ketones is 1. The molecule has 3 rings (SSSR count). The van der Waals surface area contributed by atoms with E-state index in [4.69, 9.17) is 0 Å². The minimum absolute atomic E-state index is 0. The molecule has 0 atom stereocenters. The summed E-state index contributed by atoms with van der Waals surface area (Å²) in [7, 11) is 0. The first-order valence-corrected chi connectivity index (χ1v) is 8.61. The minimum atomic E-state index is -0.374. The summed E-state index contributed by atoms with van der Waals surface area (Å²) in [6.07, 6.45) is 1.81. The van der Waals surface area contributed by atoms with Gasteiger partial charge in [-0.05, 0) is 51.1 Å². The SMILES string of the molecule is CC(=O)c1ccc(N2CCN(C(=O)C3CCNCC3)CC2)c(F)c1.Cl. The number of nitrogens with zero attached hydrogens (tertiary/aromatic N) is 2. The van der Waals surface area contributed by atoms with E-state index in [0.29, 0.717) is 37.4 Å². The minimum Gasteiger partial charge on any atom is -0.366 e. The van der Waals surface area contributed by atoms with Gasteiger partial charge < -0.3 is 15.1 Å². The number of piperazine rings is 1. The first-order chi connectivity index (χ1) is 11.6. The molecule has 5 nitrogen and oxygen atoms in total. The van der Waals surface area contributed by atoms with Crippen LogP contribution in [0, 0.1) is 11.7 Å². The van der Waals surface area contributed by atoms with Crippen molar-refractivity contribution in [2.75, 3.05) is 44.2 Å². The Morgan fingerprint density at radius 2 is 1.76 bits per heavy atom. The van der Waals surface area contributed by atoms with Crippen LogP contribution in [0.1, 0.15) is 30.1 Å². The molecule has 0 saturated carbocycles. The summed E-state index contributed by atoms with van der Waals surface area (Å²) in [5, 5.41) is 3.28. The van der Waals surface area contributed by atoms with Crippen LogP contribution < -0.4 is 10.2 Å². The maximum atomic E-state index is 14.3. The third kappa shape index (κ3) is 4.50. The van der Waals surface area contributed by atoms with Crippen molar-refractivity contribution >= 4 is 29.8 Å². The van der Waals surface area contributed by atoms with E-state index in [9.17, 15) is 14.0 Å². The van der Waals surface area contributed by atoms with Gasteiger partial charge in [0.05, 0.1) is 5.69 Å². The number of hydrogen-bond acceptors (Lipinski definition) is 4. The van der Waals surface area contributed by atoms with Crippen molar-refractivity contribution in [1.29, 1.82) is 0 Å². The van der Waals surface area contributed by atoms with Crippen molar-refractivity contribution in [2.45, 2.75) is 19.8 Å². The Bertz CT molecular complexity index is 627. The number of carbonyl (C=O) groups excluding carboxylic acids is 2. The summed E-state index contributed by atoms with van der Waals surface area (Å²) >= 11 is 0. The summed E-state index contributed by atoms with van der Waals surface area (Å²) in [6.45, 7) is 5.72. The number of Topliss-reactive ketones (excluding diaryl/α,β-unsaturated/α-hetero) is 1. The molecule has 0 radical (unpaired) electrons. The lowest BCUT2D eigenvalue weighted by Gasteiger charge is -2.38. The second-order valence-corrected chi connectivity index (χ2v) is 6.56. The summed E-state index contributed by atoms with van der Waals surface area (Å²) in [6, 6.07) is 4.62. The number of nitrogens with one attached hydrogen (secondary N) is 1. The normalized spacial score (nSPS) is 18.6. The first kappa shape index (κ1) is 19.7. The largest absolute Gasteiger partial charge is 0.366 e. The van der Waals surface area contributed by atoms with Gasteiger partial charge >= 0.3 is 0 Å². The molecule has 1 amide bonds. The zero-order valence-corrected chi connectivity index (χ0v) is 15.3. The average molecular weight is 370 g/mol. The Morgan fingerprint density at radius 1 is 1.12 bits per heavy atom. The fraction of sp³-hybridized carbons (Fsp3) is 0.556. The molecule has 2 aliphatic heterocycles. The van der Waals surface area contributed by atoms with E-state index in [0.717, 1.165) is 25.9 Å². The summed E-state index contributed by atoms with van der Waals surface area (Å²) in [4.78, 5) is 27.7. The van der Waals surface area contributed by atoms with Gasteiger partial charge in [-0.3, -0.25) is 9.59 Å². The predicted octanol–water partition coefficient (Wildman–Crippen LogP) is 2.10. The molecule has 0 unspecified atom stereocenters. The predicted molar refractivity (Wildman–Crippen MR) is 98.0 cm³/mol. The molecule has 0 spiro atoms. The van der Waals surface area contributed by atoms with Crippen molar-refractivity contribution in [3.63, 3.8) is 0 Å². The lowest BCUT2D eigenvalue weighted by molar-refractivity contribution is -0.136. The molecule has 2 saturated heterocycles. The number of rotatable bonds is 3. The van der Waals surface area contributed by atoms with Gasteiger partial charge in [0.15, 0.2) is 5.78 Å². The highest BCUT2D eigenvalue weighted by atomic mass is 35.5. The Balaban J connectivity index is 0.00000225. The van der Waals surface area contributed by atoms with Crippen molar-refractivity contribution in [3.05, 3.63) is 29.6 Å². The van der Waals surface area contributed by atoms with E-state index in [1.54, 1.807) is 12.1 Å². The van der Waals surface area contributed by atoms with Crippen LogP contribution in [0.5, 0.6) is 0 Å². The Morgan fingerprint density at radius 3 is 2.32 bits per heavy atom. The number of amides is 1. The number of carbonyl (C=O) groups is 2. The fourth-order valence-electron chi connectivity index (χ4n) is 3.48. The molecular formula is C18H25ClFN3O2. The van der Waals surface area contributed by atoms with E-state index in [2.05, 4.69) is 5.32 Å². The Hall–Kier alpha value is -1.66. The van der Waals surface area contributed by atoms with Gasteiger partial charge in [0, 0.05) is 37.7 Å². The van der Waals surface area contributed by atoms with Crippen LogP contribution in [0.2, 0.25) is 0 Å². The molecule has 138 valence electrons. The quantitative estimate of drug-likeness (QED) is 0.829. The van der Waals surface area contributed by atoms with Crippen LogP contribution in [-0.4, -0.2) is 55.9 Å². The van der Waals surface area contributed by atoms with Crippen LogP contribution in [0.4, 0.5) is 10.1 Å². The van der Waals surface area contributed by atoms with Crippen LogP contribution in [0.3, 0.4) is 0 Å². The average Bonchev–Trinajstić information content (AvgIpc) is 2.62. The zero-order valence-electron chi connectivity index (χ0n) is 14.5. The number of halogens is 2. The van der Waals surface area contributed by atoms with E-state index < -0.39 is 0 Å². The van der Waals surface area contributed by atoms with Crippen LogP contribution in [0.25, 0.3) is 0 Å². The van der Waals surface area contributed by atoms with Crippen molar-refractivity contribution in [1.82, 2.24) is 10.2 Å². The fourth-order valence-corrected chi connectivity index (χ4v) is 3.48. The highest BCUT2D eigenvalue weighted by Gasteiger charge is 2.29. The molecule has 0 aromatic heterocycles. The van der Waals surface area contributed by atoms with Gasteiger partial charge in [0.2, 0.25) is 5.91 Å². The third-order valence-electron chi connectivity index (χ3n) is 4.97. The second kappa shape index (κ2) is 8.63. The lowest BCUT2D eigenvalue weighted by Crippen LogP contribution is -2.51. The standard InChI is InChI=1S/C18H24FN3O2.ClH/c1-13(23)15-2-3-17(16(19)12-15)21-8-10-22(11-9-21)18(24)14-4-6-20-7-5-14;/h2-3,12,14,20H,4-11H2,1H3;1H. The third-order valence-corrected chi connectivity index (χ3v) is 4.97. The van der Waals surface area contributed by atoms with Crippen molar-refractivity contribution in [3.8, 4) is 0 Å². The maximum absolute atomic E-state index is 14.3. The molecule has 0 aliphatic carbocycles. The van der Waals surface area contributed by atoms with Gasteiger partial charge in [-0.1, -0.05) is 0 Å². The monoisotopic (exact) mass is 369 g/mol. The highest BCUT2D eigenvalue weighted by molar-refractivity contribution is 5.94. The van der Waals surface area contributed by atoms with Gasteiger partial charge in [-0.2, -0.15) is 0 Å². The maximum Gasteiger partial charge on any atom is 0.225 e. The first-order valence-electron chi connectivity index (χ1n) is 8.61. The van der Waals surface area contributed by atoms with E-state index in [-0.39, 0.29) is 35.8 Å². The molecule has 2 heterocycles.